The average molecular weight is 514 g/mol. The zero-order valence-electron chi connectivity index (χ0n) is 20.1. The smallest absolute Gasteiger partial charge is 0.253 e. The molecule has 2 aromatic heterocycles. The number of hydrogen-bond donors (Lipinski definition) is 2. The van der Waals surface area contributed by atoms with E-state index in [9.17, 15) is 9.59 Å². The SMILES string of the molecule is COc1ccc2[nH]cc(CCN3C(=O)C(CC(=O)Nc4ccc(Cl)cc4)n4c3nc3ccccc34)c2c1. The number of ether oxygens (including phenoxy) is 1. The van der Waals surface area contributed by atoms with Crippen LogP contribution in [0.3, 0.4) is 0 Å². The lowest BCUT2D eigenvalue weighted by molar-refractivity contribution is -0.124. The van der Waals surface area contributed by atoms with Gasteiger partial charge in [0.25, 0.3) is 5.91 Å². The molecule has 1 atom stereocenters. The number of methoxy groups -OCH3 is 1. The molecule has 1 unspecified atom stereocenters. The standard InChI is InChI=1S/C28H24ClN5O3/c1-37-20-10-11-22-21(14-20)17(16-30-22)12-13-33-27(36)25(15-26(35)31-19-8-6-18(29)7-9-19)34-24-5-3-2-4-23(24)32-28(33)34/h2-11,14,16,25,30H,12-13,15H2,1H3,(H,31,35). The van der Waals surface area contributed by atoms with Gasteiger partial charge in [-0.3, -0.25) is 19.1 Å². The zero-order chi connectivity index (χ0) is 25.5. The lowest BCUT2D eigenvalue weighted by atomic mass is 10.1. The first-order chi connectivity index (χ1) is 18.0. The minimum Gasteiger partial charge on any atom is -0.497 e. The molecule has 8 nitrogen and oxygen atoms in total. The van der Waals surface area contributed by atoms with Gasteiger partial charge in [-0.1, -0.05) is 23.7 Å². The molecule has 0 radical (unpaired) electrons. The number of para-hydroxylation sites is 2. The Labute approximate surface area is 217 Å². The molecule has 0 aliphatic carbocycles. The summed E-state index contributed by atoms with van der Waals surface area (Å²) in [5.41, 5.74) is 4.33. The zero-order valence-corrected chi connectivity index (χ0v) is 20.8. The van der Waals surface area contributed by atoms with Crippen molar-refractivity contribution in [1.29, 1.82) is 0 Å². The molecule has 0 saturated carbocycles. The molecular weight excluding hydrogens is 490 g/mol. The van der Waals surface area contributed by atoms with Gasteiger partial charge in [-0.2, -0.15) is 0 Å². The summed E-state index contributed by atoms with van der Waals surface area (Å²) in [5, 5.41) is 4.51. The number of nitrogens with zero attached hydrogens (tertiary/aromatic N) is 3. The molecule has 0 saturated heterocycles. The highest BCUT2D eigenvalue weighted by atomic mass is 35.5. The van der Waals surface area contributed by atoms with Crippen molar-refractivity contribution in [3.63, 3.8) is 0 Å². The number of rotatable bonds is 7. The molecule has 37 heavy (non-hydrogen) atoms. The highest BCUT2D eigenvalue weighted by Gasteiger charge is 2.40. The van der Waals surface area contributed by atoms with Gasteiger partial charge in [0, 0.05) is 34.4 Å². The summed E-state index contributed by atoms with van der Waals surface area (Å²) >= 11 is 5.95. The highest BCUT2D eigenvalue weighted by Crippen LogP contribution is 2.37. The predicted molar refractivity (Wildman–Crippen MR) is 144 cm³/mol. The van der Waals surface area contributed by atoms with Crippen molar-refractivity contribution in [2.45, 2.75) is 18.9 Å². The van der Waals surface area contributed by atoms with Crippen LogP contribution in [0.4, 0.5) is 11.6 Å². The second-order valence-corrected chi connectivity index (χ2v) is 9.45. The molecule has 3 heterocycles. The van der Waals surface area contributed by atoms with E-state index in [0.717, 1.165) is 33.2 Å². The van der Waals surface area contributed by atoms with Gasteiger partial charge in [0.05, 0.1) is 24.6 Å². The summed E-state index contributed by atoms with van der Waals surface area (Å²) in [6.45, 7) is 0.432. The van der Waals surface area contributed by atoms with Crippen LogP contribution in [0.2, 0.25) is 5.02 Å². The van der Waals surface area contributed by atoms with Crippen molar-refractivity contribution < 1.29 is 14.3 Å². The highest BCUT2D eigenvalue weighted by molar-refractivity contribution is 6.30. The Morgan fingerprint density at radius 2 is 1.95 bits per heavy atom. The van der Waals surface area contributed by atoms with Gasteiger partial charge < -0.3 is 15.0 Å². The summed E-state index contributed by atoms with van der Waals surface area (Å²) < 4.78 is 7.27. The van der Waals surface area contributed by atoms with E-state index in [1.807, 2.05) is 53.2 Å². The molecule has 6 rings (SSSR count). The number of aromatic amines is 1. The van der Waals surface area contributed by atoms with Crippen LogP contribution in [-0.4, -0.2) is 40.0 Å². The second kappa shape index (κ2) is 9.29. The summed E-state index contributed by atoms with van der Waals surface area (Å²) in [6, 6.07) is 19.8. The van der Waals surface area contributed by atoms with Gasteiger partial charge >= 0.3 is 0 Å². The van der Waals surface area contributed by atoms with Crippen LogP contribution in [0, 0.1) is 0 Å². The van der Waals surface area contributed by atoms with Crippen LogP contribution < -0.4 is 15.0 Å². The van der Waals surface area contributed by atoms with Gasteiger partial charge in [-0.25, -0.2) is 4.98 Å². The van der Waals surface area contributed by atoms with Crippen molar-refractivity contribution >= 4 is 57.0 Å². The van der Waals surface area contributed by atoms with Gasteiger partial charge in [-0.05, 0) is 66.6 Å². The largest absolute Gasteiger partial charge is 0.497 e. The number of aromatic nitrogens is 3. The number of benzene rings is 3. The first-order valence-electron chi connectivity index (χ1n) is 12.0. The Morgan fingerprint density at radius 3 is 2.76 bits per heavy atom. The maximum absolute atomic E-state index is 13.7. The van der Waals surface area contributed by atoms with Gasteiger partial charge in [0.15, 0.2) is 0 Å². The number of anilines is 2. The van der Waals surface area contributed by atoms with Gasteiger partial charge in [0.1, 0.15) is 11.8 Å². The third-order valence-corrected chi connectivity index (χ3v) is 7.02. The molecule has 186 valence electrons. The number of hydrogen-bond acceptors (Lipinski definition) is 4. The topological polar surface area (TPSA) is 92.2 Å². The molecule has 5 aromatic rings. The van der Waals surface area contributed by atoms with Gasteiger partial charge in [0.2, 0.25) is 11.9 Å². The van der Waals surface area contributed by atoms with Crippen LogP contribution in [0.1, 0.15) is 18.0 Å². The molecule has 0 spiro atoms. The van der Waals surface area contributed by atoms with Crippen LogP contribution >= 0.6 is 11.6 Å². The van der Waals surface area contributed by atoms with E-state index in [2.05, 4.69) is 10.3 Å². The summed E-state index contributed by atoms with van der Waals surface area (Å²) in [5.74, 6) is 0.943. The molecule has 1 aliphatic heterocycles. The Morgan fingerprint density at radius 1 is 1.14 bits per heavy atom. The number of amides is 2. The number of fused-ring (bicyclic) bond motifs is 4. The maximum Gasteiger partial charge on any atom is 0.253 e. The molecule has 3 aromatic carbocycles. The lowest BCUT2D eigenvalue weighted by Gasteiger charge is -2.16. The number of nitrogens with one attached hydrogen (secondary N) is 2. The molecule has 1 aliphatic rings. The first kappa shape index (κ1) is 23.1. The van der Waals surface area contributed by atoms with E-state index in [0.29, 0.717) is 29.6 Å². The first-order valence-corrected chi connectivity index (χ1v) is 12.4. The number of carbonyl (C=O) groups is 2. The Bertz CT molecular complexity index is 1640. The van der Waals surface area contributed by atoms with Gasteiger partial charge in [-0.15, -0.1) is 0 Å². The average Bonchev–Trinajstić information content (AvgIpc) is 3.56. The minimum atomic E-state index is -0.683. The van der Waals surface area contributed by atoms with E-state index in [-0.39, 0.29) is 18.2 Å². The van der Waals surface area contributed by atoms with Crippen LogP contribution in [-0.2, 0) is 16.0 Å². The van der Waals surface area contributed by atoms with E-state index in [1.54, 1.807) is 36.3 Å². The summed E-state index contributed by atoms with van der Waals surface area (Å²) in [6.07, 6.45) is 2.58. The fourth-order valence-electron chi connectivity index (χ4n) is 4.95. The van der Waals surface area contributed by atoms with Crippen LogP contribution in [0.5, 0.6) is 5.75 Å². The number of halogens is 1. The third kappa shape index (κ3) is 4.19. The van der Waals surface area contributed by atoms with E-state index >= 15 is 0 Å². The molecule has 0 bridgehead atoms. The van der Waals surface area contributed by atoms with Crippen LogP contribution in [0.15, 0.2) is 72.9 Å². The van der Waals surface area contributed by atoms with E-state index in [4.69, 9.17) is 21.3 Å². The van der Waals surface area contributed by atoms with E-state index in [1.165, 1.54) is 0 Å². The predicted octanol–water partition coefficient (Wildman–Crippen LogP) is 5.34. The minimum absolute atomic E-state index is 0.00437. The van der Waals surface area contributed by atoms with Crippen molar-refractivity contribution in [2.24, 2.45) is 0 Å². The monoisotopic (exact) mass is 513 g/mol. The molecule has 2 N–H and O–H groups in total. The maximum atomic E-state index is 13.7. The second-order valence-electron chi connectivity index (χ2n) is 9.01. The molecule has 9 heteroatoms. The Hall–Kier alpha value is -4.30. The van der Waals surface area contributed by atoms with Crippen molar-refractivity contribution in [1.82, 2.24) is 14.5 Å². The van der Waals surface area contributed by atoms with Crippen LogP contribution in [0.25, 0.3) is 21.9 Å². The van der Waals surface area contributed by atoms with Crippen molar-refractivity contribution in [3.05, 3.63) is 83.5 Å². The summed E-state index contributed by atoms with van der Waals surface area (Å²) in [4.78, 5) is 36.4. The Kier molecular flexibility index (Phi) is 5.81. The number of H-pyrrole nitrogens is 1. The van der Waals surface area contributed by atoms with Crippen molar-refractivity contribution in [2.75, 3.05) is 23.9 Å². The molecule has 2 amide bonds. The fourth-order valence-corrected chi connectivity index (χ4v) is 5.08. The Balaban J connectivity index is 1.28. The lowest BCUT2D eigenvalue weighted by Crippen LogP contribution is -2.33. The number of carbonyl (C=O) groups excluding carboxylic acids is 2. The molecule has 0 fully saturated rings. The fraction of sp³-hybridized carbons (Fsp3) is 0.179. The summed E-state index contributed by atoms with van der Waals surface area (Å²) in [7, 11) is 1.64. The normalized spacial score (nSPS) is 14.9. The van der Waals surface area contributed by atoms with Crippen molar-refractivity contribution in [3.8, 4) is 5.75 Å². The number of imidazole rings is 1. The third-order valence-electron chi connectivity index (χ3n) is 6.77. The van der Waals surface area contributed by atoms with E-state index < -0.39 is 6.04 Å². The quantitative estimate of drug-likeness (QED) is 0.307. The molecular formula is C28H24ClN5O3.